The van der Waals surface area contributed by atoms with Gasteiger partial charge in [0.2, 0.25) is 0 Å². The summed E-state index contributed by atoms with van der Waals surface area (Å²) in [7, 11) is 1.46. The third-order valence-corrected chi connectivity index (χ3v) is 2.61. The van der Waals surface area contributed by atoms with Crippen LogP contribution in [0.5, 0.6) is 0 Å². The monoisotopic (exact) mass is 327 g/mol. The van der Waals surface area contributed by atoms with Crippen LogP contribution in [0.3, 0.4) is 0 Å². The van der Waals surface area contributed by atoms with Crippen molar-refractivity contribution in [1.29, 1.82) is 5.26 Å². The fourth-order valence-corrected chi connectivity index (χ4v) is 1.59. The van der Waals surface area contributed by atoms with Crippen LogP contribution < -0.4 is 0 Å². The number of ether oxygens (including phenoxy) is 2. The fourth-order valence-electron chi connectivity index (χ4n) is 1.21. The molecule has 0 atom stereocenters. The Kier molecular flexibility index (Phi) is 6.19. The molecule has 0 spiro atoms. The zero-order chi connectivity index (χ0) is 14.3. The van der Waals surface area contributed by atoms with Gasteiger partial charge < -0.3 is 9.47 Å². The minimum Gasteiger partial charge on any atom is -0.459 e. The Morgan fingerprint density at radius 3 is 2.89 bits per heavy atom. The van der Waals surface area contributed by atoms with Crippen molar-refractivity contribution < 1.29 is 18.7 Å². The van der Waals surface area contributed by atoms with Crippen molar-refractivity contribution in [1.82, 2.24) is 0 Å². The van der Waals surface area contributed by atoms with Gasteiger partial charge in [0.25, 0.3) is 0 Å². The SMILES string of the molecule is COCCOC(=O)/C(C#N)=C/c1cc(Br)ccc1F. The summed E-state index contributed by atoms with van der Waals surface area (Å²) in [5.41, 5.74) is -0.136. The fraction of sp³-hybridized carbons (Fsp3) is 0.231. The summed E-state index contributed by atoms with van der Waals surface area (Å²) in [4.78, 5) is 11.5. The summed E-state index contributed by atoms with van der Waals surface area (Å²) in [5.74, 6) is -1.33. The molecule has 100 valence electrons. The lowest BCUT2D eigenvalue weighted by Crippen LogP contribution is -2.11. The number of carbonyl (C=O) groups excluding carboxylic acids is 1. The predicted molar refractivity (Wildman–Crippen MR) is 70.5 cm³/mol. The third kappa shape index (κ3) is 4.81. The van der Waals surface area contributed by atoms with Gasteiger partial charge in [-0.15, -0.1) is 0 Å². The van der Waals surface area contributed by atoms with Crippen LogP contribution in [0.4, 0.5) is 4.39 Å². The van der Waals surface area contributed by atoms with E-state index in [0.29, 0.717) is 4.47 Å². The quantitative estimate of drug-likeness (QED) is 0.361. The largest absolute Gasteiger partial charge is 0.459 e. The predicted octanol–water partition coefficient (Wildman–Crippen LogP) is 2.68. The normalized spacial score (nSPS) is 10.9. The van der Waals surface area contributed by atoms with E-state index >= 15 is 0 Å². The van der Waals surface area contributed by atoms with Crippen LogP contribution in [0.15, 0.2) is 28.2 Å². The Balaban J connectivity index is 2.90. The smallest absolute Gasteiger partial charge is 0.348 e. The second kappa shape index (κ2) is 7.67. The average molecular weight is 328 g/mol. The number of carbonyl (C=O) groups is 1. The Morgan fingerprint density at radius 2 is 2.26 bits per heavy atom. The zero-order valence-electron chi connectivity index (χ0n) is 10.2. The molecule has 0 fully saturated rings. The second-order valence-corrected chi connectivity index (χ2v) is 4.38. The van der Waals surface area contributed by atoms with Crippen LogP contribution >= 0.6 is 15.9 Å². The standard InChI is InChI=1S/C13H11BrFNO3/c1-18-4-5-19-13(17)10(8-16)6-9-7-11(14)2-3-12(9)15/h2-3,6-7H,4-5H2,1H3/b10-6+. The van der Waals surface area contributed by atoms with Gasteiger partial charge in [0, 0.05) is 17.1 Å². The highest BCUT2D eigenvalue weighted by molar-refractivity contribution is 9.10. The molecule has 0 saturated heterocycles. The van der Waals surface area contributed by atoms with Gasteiger partial charge in [-0.1, -0.05) is 15.9 Å². The van der Waals surface area contributed by atoms with E-state index in [2.05, 4.69) is 15.9 Å². The van der Waals surface area contributed by atoms with Crippen molar-refractivity contribution in [3.05, 3.63) is 39.6 Å². The number of rotatable bonds is 5. The van der Waals surface area contributed by atoms with E-state index in [9.17, 15) is 9.18 Å². The van der Waals surface area contributed by atoms with Gasteiger partial charge in [-0.3, -0.25) is 0 Å². The molecule has 0 saturated carbocycles. The average Bonchev–Trinajstić information content (AvgIpc) is 2.39. The van der Waals surface area contributed by atoms with E-state index in [1.165, 1.54) is 25.3 Å². The molecular formula is C13H11BrFNO3. The summed E-state index contributed by atoms with van der Waals surface area (Å²) >= 11 is 3.18. The van der Waals surface area contributed by atoms with Gasteiger partial charge >= 0.3 is 5.97 Å². The number of nitrogens with zero attached hydrogens (tertiary/aromatic N) is 1. The molecule has 0 radical (unpaired) electrons. The molecule has 0 aliphatic heterocycles. The van der Waals surface area contributed by atoms with Crippen LogP contribution in [-0.2, 0) is 14.3 Å². The van der Waals surface area contributed by atoms with Crippen LogP contribution in [0.25, 0.3) is 6.08 Å². The first-order chi connectivity index (χ1) is 9.08. The van der Waals surface area contributed by atoms with Crippen molar-refractivity contribution in [2.45, 2.75) is 0 Å². The molecule has 0 unspecified atom stereocenters. The number of hydrogen-bond donors (Lipinski definition) is 0. The molecule has 0 aliphatic rings. The number of methoxy groups -OCH3 is 1. The number of benzene rings is 1. The first kappa shape index (κ1) is 15.3. The number of esters is 1. The van der Waals surface area contributed by atoms with Gasteiger partial charge in [0.05, 0.1) is 6.61 Å². The molecule has 19 heavy (non-hydrogen) atoms. The highest BCUT2D eigenvalue weighted by Crippen LogP contribution is 2.18. The Hall–Kier alpha value is -1.71. The Labute approximate surface area is 118 Å². The highest BCUT2D eigenvalue weighted by atomic mass is 79.9. The molecule has 0 bridgehead atoms. The lowest BCUT2D eigenvalue weighted by molar-refractivity contribution is -0.139. The molecule has 0 aliphatic carbocycles. The Morgan fingerprint density at radius 1 is 1.53 bits per heavy atom. The molecule has 6 heteroatoms. The van der Waals surface area contributed by atoms with Crippen LogP contribution in [0.2, 0.25) is 0 Å². The molecule has 0 N–H and O–H groups in total. The summed E-state index contributed by atoms with van der Waals surface area (Å²) in [6.07, 6.45) is 1.15. The maximum atomic E-state index is 13.5. The Bertz CT molecular complexity index is 537. The second-order valence-electron chi connectivity index (χ2n) is 3.46. The number of halogens is 2. The summed E-state index contributed by atoms with van der Waals surface area (Å²) in [6, 6.07) is 5.92. The molecule has 0 aromatic heterocycles. The molecule has 1 aromatic rings. The molecule has 1 aromatic carbocycles. The summed E-state index contributed by atoms with van der Waals surface area (Å²) in [5, 5.41) is 8.89. The van der Waals surface area contributed by atoms with Crippen LogP contribution in [-0.4, -0.2) is 26.3 Å². The maximum absolute atomic E-state index is 13.5. The topological polar surface area (TPSA) is 59.3 Å². The van der Waals surface area contributed by atoms with Gasteiger partial charge in [-0.2, -0.15) is 5.26 Å². The van der Waals surface area contributed by atoms with Crippen LogP contribution in [0.1, 0.15) is 5.56 Å². The molecule has 4 nitrogen and oxygen atoms in total. The van der Waals surface area contributed by atoms with Crippen LogP contribution in [0, 0.1) is 17.1 Å². The van der Waals surface area contributed by atoms with E-state index in [1.807, 2.05) is 0 Å². The lowest BCUT2D eigenvalue weighted by Gasteiger charge is -2.03. The number of hydrogen-bond acceptors (Lipinski definition) is 4. The van der Waals surface area contributed by atoms with E-state index in [1.54, 1.807) is 6.07 Å². The summed E-state index contributed by atoms with van der Waals surface area (Å²) < 4.78 is 23.6. The van der Waals surface area contributed by atoms with E-state index in [4.69, 9.17) is 14.7 Å². The number of nitriles is 1. The molecule has 1 rings (SSSR count). The summed E-state index contributed by atoms with van der Waals surface area (Å²) in [6.45, 7) is 0.269. The zero-order valence-corrected chi connectivity index (χ0v) is 11.7. The van der Waals surface area contributed by atoms with Gasteiger partial charge in [0.15, 0.2) is 0 Å². The third-order valence-electron chi connectivity index (χ3n) is 2.12. The van der Waals surface area contributed by atoms with E-state index in [0.717, 1.165) is 6.08 Å². The van der Waals surface area contributed by atoms with E-state index < -0.39 is 11.8 Å². The molecule has 0 amide bonds. The van der Waals surface area contributed by atoms with Crippen molar-refractivity contribution >= 4 is 28.0 Å². The van der Waals surface area contributed by atoms with E-state index in [-0.39, 0.29) is 24.4 Å². The minimum absolute atomic E-state index is 0.0370. The van der Waals surface area contributed by atoms with Crippen molar-refractivity contribution in [3.8, 4) is 6.07 Å². The first-order valence-corrected chi connectivity index (χ1v) is 6.10. The van der Waals surface area contributed by atoms with Crippen molar-refractivity contribution in [3.63, 3.8) is 0 Å². The lowest BCUT2D eigenvalue weighted by atomic mass is 10.1. The van der Waals surface area contributed by atoms with Gasteiger partial charge in [-0.25, -0.2) is 9.18 Å². The maximum Gasteiger partial charge on any atom is 0.348 e. The molecular weight excluding hydrogens is 317 g/mol. The minimum atomic E-state index is -0.807. The van der Waals surface area contributed by atoms with Gasteiger partial charge in [-0.05, 0) is 24.3 Å². The first-order valence-electron chi connectivity index (χ1n) is 5.31. The van der Waals surface area contributed by atoms with Crippen molar-refractivity contribution in [2.75, 3.05) is 20.3 Å². The highest BCUT2D eigenvalue weighted by Gasteiger charge is 2.12. The molecule has 0 heterocycles. The van der Waals surface area contributed by atoms with Gasteiger partial charge in [0.1, 0.15) is 24.1 Å². The van der Waals surface area contributed by atoms with Crippen molar-refractivity contribution in [2.24, 2.45) is 0 Å².